The van der Waals surface area contributed by atoms with Gasteiger partial charge in [-0.05, 0) is 23.8 Å². The van der Waals surface area contributed by atoms with Crippen LogP contribution in [0.4, 0.5) is 5.82 Å². The predicted molar refractivity (Wildman–Crippen MR) is 80.5 cm³/mol. The molecule has 1 saturated heterocycles. The average Bonchev–Trinajstić information content (AvgIpc) is 2.87. The quantitative estimate of drug-likeness (QED) is 0.650. The Balaban J connectivity index is 2.11. The van der Waals surface area contributed by atoms with Gasteiger partial charge in [0.1, 0.15) is 0 Å². The average molecular weight is 297 g/mol. The third kappa shape index (κ3) is 3.04. The van der Waals surface area contributed by atoms with Gasteiger partial charge in [-0.15, -0.1) is 0 Å². The highest BCUT2D eigenvalue weighted by atomic mass is 35.5. The molecule has 1 unspecified atom stereocenters. The van der Waals surface area contributed by atoms with E-state index in [0.717, 1.165) is 19.5 Å². The van der Waals surface area contributed by atoms with E-state index in [4.69, 9.17) is 17.4 Å². The third-order valence-electron chi connectivity index (χ3n) is 3.93. The molecule has 1 aliphatic rings. The van der Waals surface area contributed by atoms with E-state index in [9.17, 15) is 4.79 Å². The maximum Gasteiger partial charge on any atom is 0.255 e. The largest absolute Gasteiger partial charge is 0.338 e. The van der Waals surface area contributed by atoms with Crippen LogP contribution >= 0.6 is 11.6 Å². The molecule has 20 heavy (non-hydrogen) atoms. The van der Waals surface area contributed by atoms with Gasteiger partial charge in [-0.25, -0.2) is 10.8 Å². The van der Waals surface area contributed by atoms with Crippen molar-refractivity contribution in [2.45, 2.75) is 27.2 Å². The second-order valence-electron chi connectivity index (χ2n) is 6.30. The number of halogens is 1. The molecule has 1 aliphatic heterocycles. The lowest BCUT2D eigenvalue weighted by Crippen LogP contribution is -2.31. The highest BCUT2D eigenvalue weighted by molar-refractivity contribution is 6.33. The van der Waals surface area contributed by atoms with E-state index in [-0.39, 0.29) is 11.3 Å². The summed E-state index contributed by atoms with van der Waals surface area (Å²) in [5, 5.41) is 0.352. The number of anilines is 1. The SMILES string of the molecule is CC(C)(C)C1CCN(C(=O)c2cnc(NN)c(Cl)c2)C1. The number of nitrogens with two attached hydrogens (primary N) is 1. The van der Waals surface area contributed by atoms with Crippen molar-refractivity contribution in [3.8, 4) is 0 Å². The minimum absolute atomic E-state index is 0.0188. The van der Waals surface area contributed by atoms with Crippen molar-refractivity contribution in [2.24, 2.45) is 17.2 Å². The molecular weight excluding hydrogens is 276 g/mol. The summed E-state index contributed by atoms with van der Waals surface area (Å²) < 4.78 is 0. The van der Waals surface area contributed by atoms with Crippen LogP contribution in [0.2, 0.25) is 5.02 Å². The number of pyridine rings is 1. The first kappa shape index (κ1) is 15.1. The summed E-state index contributed by atoms with van der Waals surface area (Å²) in [4.78, 5) is 18.4. The number of hydrogen-bond acceptors (Lipinski definition) is 4. The Kier molecular flexibility index (Phi) is 4.20. The molecule has 1 aromatic heterocycles. The summed E-state index contributed by atoms with van der Waals surface area (Å²) in [5.41, 5.74) is 3.11. The molecule has 0 bridgehead atoms. The molecule has 2 rings (SSSR count). The molecule has 110 valence electrons. The van der Waals surface area contributed by atoms with Crippen molar-refractivity contribution in [3.05, 3.63) is 22.8 Å². The van der Waals surface area contributed by atoms with Gasteiger partial charge in [0, 0.05) is 19.3 Å². The van der Waals surface area contributed by atoms with E-state index in [1.54, 1.807) is 6.07 Å². The molecule has 1 atom stereocenters. The van der Waals surface area contributed by atoms with Crippen LogP contribution in [0.3, 0.4) is 0 Å². The molecular formula is C14H21ClN4O. The number of hydrazine groups is 1. The van der Waals surface area contributed by atoms with Crippen molar-refractivity contribution in [3.63, 3.8) is 0 Å². The highest BCUT2D eigenvalue weighted by Gasteiger charge is 2.34. The number of likely N-dealkylation sites (tertiary alicyclic amines) is 1. The van der Waals surface area contributed by atoms with Crippen molar-refractivity contribution >= 4 is 23.3 Å². The van der Waals surface area contributed by atoms with Gasteiger partial charge in [0.05, 0.1) is 10.6 Å². The van der Waals surface area contributed by atoms with Crippen LogP contribution in [-0.4, -0.2) is 28.9 Å². The third-order valence-corrected chi connectivity index (χ3v) is 4.21. The summed E-state index contributed by atoms with van der Waals surface area (Å²) in [5.74, 6) is 6.15. The standard InChI is InChI=1S/C14H21ClN4O/c1-14(2,3)10-4-5-19(8-10)13(20)9-6-11(15)12(18-16)17-7-9/h6-7,10H,4-5,8,16H2,1-3H3,(H,17,18). The molecule has 3 N–H and O–H groups in total. The molecule has 6 heteroatoms. The molecule has 0 aliphatic carbocycles. The minimum atomic E-state index is -0.0188. The Morgan fingerprint density at radius 3 is 2.75 bits per heavy atom. The summed E-state index contributed by atoms with van der Waals surface area (Å²) >= 11 is 6.01. The summed E-state index contributed by atoms with van der Waals surface area (Å²) in [6, 6.07) is 1.61. The fraction of sp³-hybridized carbons (Fsp3) is 0.571. The summed E-state index contributed by atoms with van der Waals surface area (Å²) in [7, 11) is 0. The zero-order valence-electron chi connectivity index (χ0n) is 12.1. The van der Waals surface area contributed by atoms with Crippen LogP contribution in [0.5, 0.6) is 0 Å². The predicted octanol–water partition coefficient (Wildman–Crippen LogP) is 2.53. The molecule has 5 nitrogen and oxygen atoms in total. The maximum absolute atomic E-state index is 12.4. The van der Waals surface area contributed by atoms with E-state index < -0.39 is 0 Å². The van der Waals surface area contributed by atoms with Gasteiger partial charge in [0.25, 0.3) is 5.91 Å². The lowest BCUT2D eigenvalue weighted by Gasteiger charge is -2.27. The van der Waals surface area contributed by atoms with Gasteiger partial charge in [-0.2, -0.15) is 0 Å². The second kappa shape index (κ2) is 5.58. The Labute approximate surface area is 124 Å². The topological polar surface area (TPSA) is 71.2 Å². The molecule has 0 radical (unpaired) electrons. The fourth-order valence-corrected chi connectivity index (χ4v) is 2.72. The van der Waals surface area contributed by atoms with Crippen molar-refractivity contribution in [2.75, 3.05) is 18.5 Å². The van der Waals surface area contributed by atoms with E-state index in [1.165, 1.54) is 6.20 Å². The summed E-state index contributed by atoms with van der Waals surface area (Å²) in [6.45, 7) is 8.22. The number of rotatable bonds is 2. The molecule has 0 aromatic carbocycles. The lowest BCUT2D eigenvalue weighted by molar-refractivity contribution is 0.0776. The molecule has 1 aromatic rings. The Morgan fingerprint density at radius 1 is 1.55 bits per heavy atom. The van der Waals surface area contributed by atoms with E-state index in [1.807, 2.05) is 4.90 Å². The fourth-order valence-electron chi connectivity index (χ4n) is 2.50. The van der Waals surface area contributed by atoms with Crippen LogP contribution in [0.25, 0.3) is 0 Å². The van der Waals surface area contributed by atoms with Gasteiger partial charge in [-0.1, -0.05) is 32.4 Å². The maximum atomic E-state index is 12.4. The van der Waals surface area contributed by atoms with Gasteiger partial charge in [-0.3, -0.25) is 4.79 Å². The first-order valence-corrected chi connectivity index (χ1v) is 7.12. The van der Waals surface area contributed by atoms with Gasteiger partial charge >= 0.3 is 0 Å². The molecule has 1 amide bonds. The number of hydrogen-bond donors (Lipinski definition) is 2. The van der Waals surface area contributed by atoms with Crippen molar-refractivity contribution in [1.29, 1.82) is 0 Å². The van der Waals surface area contributed by atoms with Crippen LogP contribution in [0.1, 0.15) is 37.6 Å². The molecule has 1 fully saturated rings. The number of carbonyl (C=O) groups is 1. The number of nitrogen functional groups attached to an aromatic ring is 1. The van der Waals surface area contributed by atoms with Gasteiger partial charge in [0.2, 0.25) is 0 Å². The van der Waals surface area contributed by atoms with Gasteiger partial charge < -0.3 is 10.3 Å². The first-order valence-electron chi connectivity index (χ1n) is 6.74. The van der Waals surface area contributed by atoms with Gasteiger partial charge in [0.15, 0.2) is 5.82 Å². The lowest BCUT2D eigenvalue weighted by atomic mass is 9.80. The van der Waals surface area contributed by atoms with E-state index >= 15 is 0 Å². The zero-order valence-corrected chi connectivity index (χ0v) is 12.9. The Morgan fingerprint density at radius 2 is 2.25 bits per heavy atom. The zero-order chi connectivity index (χ0) is 14.9. The number of amides is 1. The Bertz CT molecular complexity index is 512. The minimum Gasteiger partial charge on any atom is -0.338 e. The monoisotopic (exact) mass is 296 g/mol. The normalized spacial score (nSPS) is 19.2. The molecule has 0 spiro atoms. The smallest absolute Gasteiger partial charge is 0.255 e. The van der Waals surface area contributed by atoms with Crippen LogP contribution in [0.15, 0.2) is 12.3 Å². The van der Waals surface area contributed by atoms with E-state index in [0.29, 0.717) is 22.3 Å². The van der Waals surface area contributed by atoms with Crippen molar-refractivity contribution in [1.82, 2.24) is 9.88 Å². The van der Waals surface area contributed by atoms with E-state index in [2.05, 4.69) is 31.2 Å². The molecule has 2 heterocycles. The first-order chi connectivity index (χ1) is 9.32. The van der Waals surface area contributed by atoms with Crippen LogP contribution in [0, 0.1) is 11.3 Å². The summed E-state index contributed by atoms with van der Waals surface area (Å²) in [6.07, 6.45) is 2.55. The number of nitrogens with one attached hydrogen (secondary N) is 1. The number of aromatic nitrogens is 1. The van der Waals surface area contributed by atoms with Crippen molar-refractivity contribution < 1.29 is 4.79 Å². The van der Waals surface area contributed by atoms with Crippen LogP contribution in [-0.2, 0) is 0 Å². The molecule has 0 saturated carbocycles. The van der Waals surface area contributed by atoms with Crippen LogP contribution < -0.4 is 11.3 Å². The second-order valence-corrected chi connectivity index (χ2v) is 6.71. The Hall–Kier alpha value is -1.33. The highest BCUT2D eigenvalue weighted by Crippen LogP contribution is 2.34. The number of carbonyl (C=O) groups excluding carboxylic acids is 1. The number of nitrogens with zero attached hydrogens (tertiary/aromatic N) is 2.